The topological polar surface area (TPSA) is 72.2 Å². The molecule has 0 spiro atoms. The van der Waals surface area contributed by atoms with Gasteiger partial charge in [0.1, 0.15) is 0 Å². The van der Waals surface area contributed by atoms with E-state index in [-0.39, 0.29) is 17.3 Å². The van der Waals surface area contributed by atoms with Crippen molar-refractivity contribution < 1.29 is 14.1 Å². The Hall–Kier alpha value is -2.41. The van der Waals surface area contributed by atoms with E-state index in [1.807, 2.05) is 32.0 Å². The van der Waals surface area contributed by atoms with Crippen molar-refractivity contribution in [1.82, 2.24) is 0 Å². The van der Waals surface area contributed by atoms with E-state index in [1.54, 1.807) is 0 Å². The van der Waals surface area contributed by atoms with E-state index in [4.69, 9.17) is 0 Å². The van der Waals surface area contributed by atoms with Crippen LogP contribution in [-0.2, 0) is 4.79 Å². The van der Waals surface area contributed by atoms with Crippen molar-refractivity contribution >= 4 is 29.0 Å². The van der Waals surface area contributed by atoms with E-state index < -0.39 is 16.4 Å². The summed E-state index contributed by atoms with van der Waals surface area (Å²) in [5.41, 5.74) is 1.72. The van der Waals surface area contributed by atoms with Gasteiger partial charge in [-0.15, -0.1) is 11.8 Å². The highest BCUT2D eigenvalue weighted by molar-refractivity contribution is 8.00. The van der Waals surface area contributed by atoms with Crippen LogP contribution in [0, 0.1) is 29.8 Å². The highest BCUT2D eigenvalue weighted by Crippen LogP contribution is 2.25. The molecule has 7 heteroatoms. The number of nitro groups is 1. The summed E-state index contributed by atoms with van der Waals surface area (Å²) in [6, 6.07) is 9.25. The van der Waals surface area contributed by atoms with Crippen LogP contribution in [-0.4, -0.2) is 16.6 Å². The van der Waals surface area contributed by atoms with Gasteiger partial charge in [-0.05, 0) is 37.6 Å². The third kappa shape index (κ3) is 4.53. The van der Waals surface area contributed by atoms with Crippen molar-refractivity contribution in [2.45, 2.75) is 18.7 Å². The predicted octanol–water partition coefficient (Wildman–Crippen LogP) is 4.08. The van der Waals surface area contributed by atoms with E-state index >= 15 is 0 Å². The molecule has 1 N–H and O–H groups in total. The zero-order valence-corrected chi connectivity index (χ0v) is 13.4. The molecule has 0 radical (unpaired) electrons. The molecule has 0 unspecified atom stereocenters. The molecule has 0 atom stereocenters. The second kappa shape index (κ2) is 7.23. The summed E-state index contributed by atoms with van der Waals surface area (Å²) in [4.78, 5) is 22.8. The highest BCUT2D eigenvalue weighted by atomic mass is 32.2. The molecule has 1 amide bonds. The molecule has 0 bridgehead atoms. The minimum Gasteiger partial charge on any atom is -0.325 e. The molecule has 2 aromatic rings. The summed E-state index contributed by atoms with van der Waals surface area (Å²) in [7, 11) is 0. The van der Waals surface area contributed by atoms with E-state index in [9.17, 15) is 19.3 Å². The van der Waals surface area contributed by atoms with Crippen LogP contribution < -0.4 is 5.32 Å². The second-order valence-electron chi connectivity index (χ2n) is 5.03. The normalized spacial score (nSPS) is 10.4. The molecule has 2 rings (SSSR count). The molecule has 0 aliphatic rings. The third-order valence-corrected chi connectivity index (χ3v) is 4.29. The molecule has 0 aromatic heterocycles. The standard InChI is InChI=1S/C16H15FN2O3S/c1-10-3-4-11(2)15(7-10)23-9-16(20)18-12-5-6-13(17)14(8-12)19(21)22/h3-8H,9H2,1-2H3,(H,18,20). The Morgan fingerprint density at radius 3 is 2.70 bits per heavy atom. The van der Waals surface area contributed by atoms with Crippen molar-refractivity contribution in [3.05, 3.63) is 63.5 Å². The average Bonchev–Trinajstić information content (AvgIpc) is 2.50. The lowest BCUT2D eigenvalue weighted by atomic mass is 10.2. The van der Waals surface area contributed by atoms with E-state index in [2.05, 4.69) is 5.32 Å². The Kier molecular flexibility index (Phi) is 5.33. The largest absolute Gasteiger partial charge is 0.325 e. The molecule has 0 aliphatic heterocycles. The summed E-state index contributed by atoms with van der Waals surface area (Å²) < 4.78 is 13.3. The zero-order chi connectivity index (χ0) is 17.0. The molecule has 2 aromatic carbocycles. The van der Waals surface area contributed by atoms with Gasteiger partial charge in [0, 0.05) is 16.6 Å². The molecular formula is C16H15FN2O3S. The Bertz CT molecular complexity index is 765. The number of carbonyl (C=O) groups excluding carboxylic acids is 1. The van der Waals surface area contributed by atoms with E-state index in [1.165, 1.54) is 17.8 Å². The van der Waals surface area contributed by atoms with Gasteiger partial charge in [-0.2, -0.15) is 4.39 Å². The number of carbonyl (C=O) groups is 1. The Labute approximate surface area is 137 Å². The predicted molar refractivity (Wildman–Crippen MR) is 88.3 cm³/mol. The van der Waals surface area contributed by atoms with Gasteiger partial charge in [-0.1, -0.05) is 17.7 Å². The fourth-order valence-corrected chi connectivity index (χ4v) is 2.86. The van der Waals surface area contributed by atoms with Gasteiger partial charge in [0.25, 0.3) is 0 Å². The number of aryl methyl sites for hydroxylation is 2. The summed E-state index contributed by atoms with van der Waals surface area (Å²) in [6.45, 7) is 3.93. The van der Waals surface area contributed by atoms with Crippen LogP contribution in [0.4, 0.5) is 15.8 Å². The number of benzene rings is 2. The molecule has 5 nitrogen and oxygen atoms in total. The van der Waals surface area contributed by atoms with Crippen molar-refractivity contribution in [2.75, 3.05) is 11.1 Å². The lowest BCUT2D eigenvalue weighted by molar-refractivity contribution is -0.387. The van der Waals surface area contributed by atoms with Gasteiger partial charge in [0.2, 0.25) is 11.7 Å². The van der Waals surface area contributed by atoms with Gasteiger partial charge in [-0.25, -0.2) is 0 Å². The van der Waals surface area contributed by atoms with Crippen molar-refractivity contribution in [3.63, 3.8) is 0 Å². The number of hydrogen-bond acceptors (Lipinski definition) is 4. The second-order valence-corrected chi connectivity index (χ2v) is 6.05. The number of hydrogen-bond donors (Lipinski definition) is 1. The minimum absolute atomic E-state index is 0.162. The van der Waals surface area contributed by atoms with Crippen LogP contribution in [0.2, 0.25) is 0 Å². The smallest absolute Gasteiger partial charge is 0.306 e. The Balaban J connectivity index is 2.01. The van der Waals surface area contributed by atoms with Crippen LogP contribution >= 0.6 is 11.8 Å². The average molecular weight is 334 g/mol. The quantitative estimate of drug-likeness (QED) is 0.508. The molecule has 0 aliphatic carbocycles. The Morgan fingerprint density at radius 1 is 1.26 bits per heavy atom. The molecule has 0 saturated heterocycles. The first-order chi connectivity index (χ1) is 10.9. The number of nitrogens with one attached hydrogen (secondary N) is 1. The molecule has 0 fully saturated rings. The van der Waals surface area contributed by atoms with E-state index in [0.29, 0.717) is 0 Å². The SMILES string of the molecule is Cc1ccc(C)c(SCC(=O)Nc2ccc(F)c([N+](=O)[O-])c2)c1. The first kappa shape index (κ1) is 17.0. The summed E-state index contributed by atoms with van der Waals surface area (Å²) in [5.74, 6) is -1.08. The fourth-order valence-electron chi connectivity index (χ4n) is 1.93. The molecule has 0 saturated carbocycles. The first-order valence-corrected chi connectivity index (χ1v) is 7.79. The van der Waals surface area contributed by atoms with Crippen LogP contribution in [0.3, 0.4) is 0 Å². The molecule has 0 heterocycles. The van der Waals surface area contributed by atoms with Crippen molar-refractivity contribution in [1.29, 1.82) is 0 Å². The summed E-state index contributed by atoms with van der Waals surface area (Å²) in [6.07, 6.45) is 0. The number of amides is 1. The monoisotopic (exact) mass is 334 g/mol. The number of nitrogens with zero attached hydrogens (tertiary/aromatic N) is 1. The summed E-state index contributed by atoms with van der Waals surface area (Å²) in [5, 5.41) is 13.2. The maximum absolute atomic E-state index is 13.3. The number of halogens is 1. The third-order valence-electron chi connectivity index (χ3n) is 3.13. The van der Waals surface area contributed by atoms with Gasteiger partial charge in [0.15, 0.2) is 0 Å². The maximum atomic E-state index is 13.3. The maximum Gasteiger partial charge on any atom is 0.306 e. The van der Waals surface area contributed by atoms with Gasteiger partial charge in [0.05, 0.1) is 10.7 Å². The molecular weight excluding hydrogens is 319 g/mol. The molecule has 23 heavy (non-hydrogen) atoms. The lowest BCUT2D eigenvalue weighted by Gasteiger charge is -2.08. The highest BCUT2D eigenvalue weighted by Gasteiger charge is 2.15. The lowest BCUT2D eigenvalue weighted by Crippen LogP contribution is -2.14. The molecule has 120 valence electrons. The van der Waals surface area contributed by atoms with Crippen LogP contribution in [0.15, 0.2) is 41.3 Å². The van der Waals surface area contributed by atoms with Gasteiger partial charge in [-0.3, -0.25) is 14.9 Å². The number of thioether (sulfide) groups is 1. The van der Waals surface area contributed by atoms with Crippen LogP contribution in [0.1, 0.15) is 11.1 Å². The number of rotatable bonds is 5. The van der Waals surface area contributed by atoms with Gasteiger partial charge < -0.3 is 5.32 Å². The number of anilines is 1. The first-order valence-electron chi connectivity index (χ1n) is 6.80. The van der Waals surface area contributed by atoms with Crippen molar-refractivity contribution in [3.8, 4) is 0 Å². The van der Waals surface area contributed by atoms with Crippen LogP contribution in [0.25, 0.3) is 0 Å². The minimum atomic E-state index is -0.933. The van der Waals surface area contributed by atoms with Crippen molar-refractivity contribution in [2.24, 2.45) is 0 Å². The van der Waals surface area contributed by atoms with E-state index in [0.717, 1.165) is 28.2 Å². The fraction of sp³-hybridized carbons (Fsp3) is 0.188. The number of nitro benzene ring substituents is 1. The zero-order valence-electron chi connectivity index (χ0n) is 12.6. The Morgan fingerprint density at radius 2 is 2.00 bits per heavy atom. The van der Waals surface area contributed by atoms with Crippen LogP contribution in [0.5, 0.6) is 0 Å². The summed E-state index contributed by atoms with van der Waals surface area (Å²) >= 11 is 1.38. The van der Waals surface area contributed by atoms with Gasteiger partial charge >= 0.3 is 5.69 Å².